The van der Waals surface area contributed by atoms with Crippen molar-refractivity contribution < 1.29 is 13.6 Å². The molecule has 18 heavy (non-hydrogen) atoms. The molecular weight excluding hydrogens is 234 g/mol. The van der Waals surface area contributed by atoms with Gasteiger partial charge in [-0.1, -0.05) is 5.10 Å². The fourth-order valence-corrected chi connectivity index (χ4v) is 1.78. The SMILES string of the molecule is Cc1cc(-c2nnc(NC(=O)C3CC3)o2)c(C)o1. The van der Waals surface area contributed by atoms with Crippen LogP contribution in [0.15, 0.2) is 14.9 Å². The van der Waals surface area contributed by atoms with Crippen LogP contribution in [-0.4, -0.2) is 16.1 Å². The van der Waals surface area contributed by atoms with Crippen LogP contribution in [0.3, 0.4) is 0 Å². The molecule has 6 heteroatoms. The van der Waals surface area contributed by atoms with E-state index in [1.165, 1.54) is 0 Å². The summed E-state index contributed by atoms with van der Waals surface area (Å²) in [5, 5.41) is 10.3. The van der Waals surface area contributed by atoms with Gasteiger partial charge < -0.3 is 8.83 Å². The van der Waals surface area contributed by atoms with Crippen molar-refractivity contribution in [2.24, 2.45) is 5.92 Å². The lowest BCUT2D eigenvalue weighted by molar-refractivity contribution is -0.117. The van der Waals surface area contributed by atoms with E-state index >= 15 is 0 Å². The van der Waals surface area contributed by atoms with E-state index < -0.39 is 0 Å². The van der Waals surface area contributed by atoms with Gasteiger partial charge in [0.1, 0.15) is 11.5 Å². The Morgan fingerprint density at radius 3 is 2.72 bits per heavy atom. The minimum atomic E-state index is -0.0507. The van der Waals surface area contributed by atoms with Gasteiger partial charge in [-0.25, -0.2) is 0 Å². The third-order valence-corrected chi connectivity index (χ3v) is 2.87. The zero-order valence-corrected chi connectivity index (χ0v) is 10.2. The number of hydrogen-bond acceptors (Lipinski definition) is 5. The van der Waals surface area contributed by atoms with Crippen LogP contribution in [-0.2, 0) is 4.79 Å². The average molecular weight is 247 g/mol. The number of nitrogens with one attached hydrogen (secondary N) is 1. The summed E-state index contributed by atoms with van der Waals surface area (Å²) in [7, 11) is 0. The molecule has 6 nitrogen and oxygen atoms in total. The molecule has 2 aromatic rings. The second-order valence-corrected chi connectivity index (χ2v) is 4.50. The van der Waals surface area contributed by atoms with Crippen LogP contribution < -0.4 is 5.32 Å². The zero-order valence-electron chi connectivity index (χ0n) is 10.2. The molecule has 0 bridgehead atoms. The standard InChI is InChI=1S/C12H13N3O3/c1-6-5-9(7(2)17-6)11-14-15-12(18-11)13-10(16)8-3-4-8/h5,8H,3-4H2,1-2H3,(H,13,15,16). The Balaban J connectivity index is 1.80. The van der Waals surface area contributed by atoms with Crippen LogP contribution in [0.1, 0.15) is 24.4 Å². The van der Waals surface area contributed by atoms with Gasteiger partial charge in [0.05, 0.1) is 5.56 Å². The molecule has 1 fully saturated rings. The molecule has 0 aromatic carbocycles. The van der Waals surface area contributed by atoms with Gasteiger partial charge in [-0.2, -0.15) is 0 Å². The minimum Gasteiger partial charge on any atom is -0.466 e. The lowest BCUT2D eigenvalue weighted by Gasteiger charge is -1.95. The second-order valence-electron chi connectivity index (χ2n) is 4.50. The molecule has 1 aliphatic rings. The largest absolute Gasteiger partial charge is 0.466 e. The Labute approximate surface area is 103 Å². The molecule has 0 unspecified atom stereocenters. The number of furan rings is 1. The van der Waals surface area contributed by atoms with E-state index in [1.54, 1.807) is 0 Å². The summed E-state index contributed by atoms with van der Waals surface area (Å²) >= 11 is 0. The highest BCUT2D eigenvalue weighted by Gasteiger charge is 2.30. The number of carbonyl (C=O) groups is 1. The third kappa shape index (κ3) is 2.01. The lowest BCUT2D eigenvalue weighted by atomic mass is 10.2. The first-order chi connectivity index (χ1) is 8.63. The molecule has 0 radical (unpaired) electrons. The molecule has 94 valence electrons. The van der Waals surface area contributed by atoms with Gasteiger partial charge in [0.25, 0.3) is 5.89 Å². The smallest absolute Gasteiger partial charge is 0.322 e. The summed E-state index contributed by atoms with van der Waals surface area (Å²) < 4.78 is 10.8. The highest BCUT2D eigenvalue weighted by Crippen LogP contribution is 2.31. The van der Waals surface area contributed by atoms with Crippen LogP contribution in [0.4, 0.5) is 6.01 Å². The van der Waals surface area contributed by atoms with E-state index in [0.717, 1.165) is 29.9 Å². The van der Waals surface area contributed by atoms with Gasteiger partial charge in [0.2, 0.25) is 5.91 Å². The van der Waals surface area contributed by atoms with Gasteiger partial charge in [0.15, 0.2) is 0 Å². The summed E-state index contributed by atoms with van der Waals surface area (Å²) in [6.07, 6.45) is 1.87. The summed E-state index contributed by atoms with van der Waals surface area (Å²) in [4.78, 5) is 11.5. The van der Waals surface area contributed by atoms with E-state index in [2.05, 4.69) is 15.5 Å². The molecule has 0 spiro atoms. The predicted molar refractivity (Wildman–Crippen MR) is 62.8 cm³/mol. The first kappa shape index (κ1) is 11.0. The molecule has 1 amide bonds. The fraction of sp³-hybridized carbons (Fsp3) is 0.417. The van der Waals surface area contributed by atoms with E-state index in [1.807, 2.05) is 19.9 Å². The molecule has 1 aliphatic carbocycles. The van der Waals surface area contributed by atoms with Crippen molar-refractivity contribution in [3.05, 3.63) is 17.6 Å². The highest BCUT2D eigenvalue weighted by atomic mass is 16.4. The summed E-state index contributed by atoms with van der Waals surface area (Å²) in [5.41, 5.74) is 0.756. The van der Waals surface area contributed by atoms with Crippen LogP contribution in [0.2, 0.25) is 0 Å². The molecule has 2 aromatic heterocycles. The number of amides is 1. The molecular formula is C12H13N3O3. The van der Waals surface area contributed by atoms with Gasteiger partial charge in [-0.05, 0) is 32.8 Å². The first-order valence-electron chi connectivity index (χ1n) is 5.85. The Morgan fingerprint density at radius 1 is 1.33 bits per heavy atom. The Hall–Kier alpha value is -2.11. The van der Waals surface area contributed by atoms with Crippen LogP contribution >= 0.6 is 0 Å². The summed E-state index contributed by atoms with van der Waals surface area (Å²) in [5.74, 6) is 1.92. The zero-order chi connectivity index (χ0) is 12.7. The van der Waals surface area contributed by atoms with Gasteiger partial charge >= 0.3 is 6.01 Å². The van der Waals surface area contributed by atoms with Crippen molar-refractivity contribution in [3.8, 4) is 11.5 Å². The summed E-state index contributed by atoms with van der Waals surface area (Å²) in [6, 6.07) is 1.97. The number of hydrogen-bond donors (Lipinski definition) is 1. The highest BCUT2D eigenvalue weighted by molar-refractivity contribution is 5.92. The van der Waals surface area contributed by atoms with Crippen LogP contribution in [0, 0.1) is 19.8 Å². The van der Waals surface area contributed by atoms with E-state index in [-0.39, 0.29) is 17.8 Å². The quantitative estimate of drug-likeness (QED) is 0.899. The van der Waals surface area contributed by atoms with Crippen molar-refractivity contribution in [2.75, 3.05) is 5.32 Å². The Kier molecular flexibility index (Phi) is 2.43. The van der Waals surface area contributed by atoms with Crippen molar-refractivity contribution in [3.63, 3.8) is 0 Å². The number of anilines is 1. The van der Waals surface area contributed by atoms with Crippen molar-refractivity contribution in [1.82, 2.24) is 10.2 Å². The number of aryl methyl sites for hydroxylation is 2. The van der Waals surface area contributed by atoms with Crippen LogP contribution in [0.25, 0.3) is 11.5 Å². The average Bonchev–Trinajstić information content (AvgIpc) is 2.99. The predicted octanol–water partition coefficient (Wildman–Crippen LogP) is 2.29. The fourth-order valence-electron chi connectivity index (χ4n) is 1.78. The molecule has 0 saturated heterocycles. The molecule has 3 rings (SSSR count). The normalized spacial score (nSPS) is 14.8. The van der Waals surface area contributed by atoms with Crippen molar-refractivity contribution >= 4 is 11.9 Å². The lowest BCUT2D eigenvalue weighted by Crippen LogP contribution is -2.13. The minimum absolute atomic E-state index is 0.0507. The maximum Gasteiger partial charge on any atom is 0.322 e. The molecule has 1 N–H and O–H groups in total. The maximum atomic E-state index is 11.5. The first-order valence-corrected chi connectivity index (χ1v) is 5.85. The topological polar surface area (TPSA) is 81.2 Å². The molecule has 2 heterocycles. The maximum absolute atomic E-state index is 11.5. The van der Waals surface area contributed by atoms with E-state index in [4.69, 9.17) is 8.83 Å². The molecule has 1 saturated carbocycles. The molecule has 0 atom stereocenters. The number of rotatable bonds is 3. The summed E-state index contributed by atoms with van der Waals surface area (Å²) in [6.45, 7) is 3.68. The second kappa shape index (κ2) is 3.97. The monoisotopic (exact) mass is 247 g/mol. The number of carbonyl (C=O) groups excluding carboxylic acids is 1. The number of aromatic nitrogens is 2. The molecule has 0 aliphatic heterocycles. The van der Waals surface area contributed by atoms with Gasteiger partial charge in [0, 0.05) is 5.92 Å². The number of nitrogens with zero attached hydrogens (tertiary/aromatic N) is 2. The Bertz CT molecular complexity index is 595. The van der Waals surface area contributed by atoms with Crippen molar-refractivity contribution in [1.29, 1.82) is 0 Å². The van der Waals surface area contributed by atoms with E-state index in [0.29, 0.717) is 5.89 Å². The Morgan fingerprint density at radius 2 is 2.11 bits per heavy atom. The van der Waals surface area contributed by atoms with E-state index in [9.17, 15) is 4.79 Å². The van der Waals surface area contributed by atoms with Crippen LogP contribution in [0.5, 0.6) is 0 Å². The van der Waals surface area contributed by atoms with Gasteiger partial charge in [-0.3, -0.25) is 10.1 Å². The third-order valence-electron chi connectivity index (χ3n) is 2.87. The van der Waals surface area contributed by atoms with Gasteiger partial charge in [-0.15, -0.1) is 5.10 Å². The van der Waals surface area contributed by atoms with Crippen molar-refractivity contribution in [2.45, 2.75) is 26.7 Å².